The van der Waals surface area contributed by atoms with Crippen LogP contribution >= 0.6 is 23.2 Å². The Morgan fingerprint density at radius 1 is 1.33 bits per heavy atom. The third-order valence-corrected chi connectivity index (χ3v) is 5.78. The Bertz CT molecular complexity index is 656. The molecule has 5 nitrogen and oxygen atoms in total. The van der Waals surface area contributed by atoms with Crippen LogP contribution in [0.15, 0.2) is 23.1 Å². The molecule has 0 amide bonds. The van der Waals surface area contributed by atoms with Gasteiger partial charge in [-0.05, 0) is 38.0 Å². The molecule has 2 rings (SSSR count). The van der Waals surface area contributed by atoms with Crippen LogP contribution in [0.3, 0.4) is 0 Å². The summed E-state index contributed by atoms with van der Waals surface area (Å²) in [5, 5.41) is 9.73. The van der Waals surface area contributed by atoms with E-state index in [1.54, 1.807) is 6.92 Å². The summed E-state index contributed by atoms with van der Waals surface area (Å²) in [6, 6.07) is 3.34. The van der Waals surface area contributed by atoms with Gasteiger partial charge in [-0.15, -0.1) is 0 Å². The van der Waals surface area contributed by atoms with Crippen LogP contribution in [-0.4, -0.2) is 25.5 Å². The lowest BCUT2D eigenvalue weighted by atomic mass is 9.85. The zero-order chi connectivity index (χ0) is 15.8. The van der Waals surface area contributed by atoms with Crippen LogP contribution in [0.5, 0.6) is 0 Å². The maximum atomic E-state index is 12.4. The fraction of sp³-hybridized carbons (Fsp3) is 0.462. The number of carboxylic acids is 1. The van der Waals surface area contributed by atoms with E-state index in [0.29, 0.717) is 19.3 Å². The lowest BCUT2D eigenvalue weighted by Crippen LogP contribution is -2.46. The van der Waals surface area contributed by atoms with E-state index in [1.165, 1.54) is 18.2 Å². The molecule has 2 unspecified atom stereocenters. The molecule has 21 heavy (non-hydrogen) atoms. The van der Waals surface area contributed by atoms with Crippen LogP contribution in [0.2, 0.25) is 10.0 Å². The van der Waals surface area contributed by atoms with Crippen molar-refractivity contribution in [3.8, 4) is 0 Å². The predicted octanol–water partition coefficient (Wildman–Crippen LogP) is 2.92. The van der Waals surface area contributed by atoms with Crippen molar-refractivity contribution in [2.45, 2.75) is 37.1 Å². The topological polar surface area (TPSA) is 83.5 Å². The third-order valence-electron chi connectivity index (χ3n) is 3.89. The van der Waals surface area contributed by atoms with Gasteiger partial charge in [0.25, 0.3) is 0 Å². The molecule has 1 aliphatic carbocycles. The molecule has 2 atom stereocenters. The Morgan fingerprint density at radius 2 is 1.90 bits per heavy atom. The van der Waals surface area contributed by atoms with Gasteiger partial charge in [0.1, 0.15) is 0 Å². The lowest BCUT2D eigenvalue weighted by Gasteiger charge is -2.27. The molecule has 2 N–H and O–H groups in total. The summed E-state index contributed by atoms with van der Waals surface area (Å²) >= 11 is 11.6. The van der Waals surface area contributed by atoms with Gasteiger partial charge in [0.15, 0.2) is 0 Å². The van der Waals surface area contributed by atoms with E-state index in [-0.39, 0.29) is 14.9 Å². The molecule has 0 aromatic heterocycles. The molecule has 0 radical (unpaired) electrons. The SMILES string of the molecule is CC1(C(=O)O)CCCC1NS(=O)(=O)c1cc(Cl)cc(Cl)c1. The summed E-state index contributed by atoms with van der Waals surface area (Å²) < 4.78 is 27.2. The van der Waals surface area contributed by atoms with Gasteiger partial charge in [-0.2, -0.15) is 0 Å². The highest BCUT2D eigenvalue weighted by Gasteiger charge is 2.46. The maximum Gasteiger partial charge on any atom is 0.310 e. The first-order valence-electron chi connectivity index (χ1n) is 6.37. The van der Waals surface area contributed by atoms with Crippen molar-refractivity contribution in [3.05, 3.63) is 28.2 Å². The monoisotopic (exact) mass is 351 g/mol. The van der Waals surface area contributed by atoms with Crippen molar-refractivity contribution in [3.63, 3.8) is 0 Å². The average Bonchev–Trinajstić information content (AvgIpc) is 2.70. The van der Waals surface area contributed by atoms with Gasteiger partial charge in [-0.1, -0.05) is 29.6 Å². The first kappa shape index (κ1) is 16.5. The van der Waals surface area contributed by atoms with E-state index >= 15 is 0 Å². The number of halogens is 2. The molecule has 1 aliphatic rings. The lowest BCUT2D eigenvalue weighted by molar-refractivity contribution is -0.148. The second kappa shape index (κ2) is 5.76. The van der Waals surface area contributed by atoms with Gasteiger partial charge in [-0.25, -0.2) is 13.1 Å². The van der Waals surface area contributed by atoms with Crippen molar-refractivity contribution in [2.75, 3.05) is 0 Å². The first-order valence-corrected chi connectivity index (χ1v) is 8.61. The molecule has 8 heteroatoms. The van der Waals surface area contributed by atoms with E-state index in [4.69, 9.17) is 23.2 Å². The highest BCUT2D eigenvalue weighted by atomic mass is 35.5. The largest absolute Gasteiger partial charge is 0.481 e. The van der Waals surface area contributed by atoms with Gasteiger partial charge in [-0.3, -0.25) is 4.79 Å². The van der Waals surface area contributed by atoms with Crippen LogP contribution < -0.4 is 4.72 Å². The Morgan fingerprint density at radius 3 is 2.43 bits per heavy atom. The number of benzene rings is 1. The molecule has 1 aromatic rings. The molecule has 1 aromatic carbocycles. The smallest absolute Gasteiger partial charge is 0.310 e. The van der Waals surface area contributed by atoms with E-state index in [9.17, 15) is 18.3 Å². The number of nitrogens with one attached hydrogen (secondary N) is 1. The normalized spacial score (nSPS) is 26.0. The second-order valence-corrected chi connectivity index (χ2v) is 7.98. The van der Waals surface area contributed by atoms with Crippen molar-refractivity contribution < 1.29 is 18.3 Å². The minimum Gasteiger partial charge on any atom is -0.481 e. The Hall–Kier alpha value is -0.820. The summed E-state index contributed by atoms with van der Waals surface area (Å²) in [7, 11) is -3.88. The van der Waals surface area contributed by atoms with E-state index in [0.717, 1.165) is 0 Å². The minimum atomic E-state index is -3.88. The highest BCUT2D eigenvalue weighted by molar-refractivity contribution is 7.89. The fourth-order valence-corrected chi connectivity index (χ4v) is 4.66. The van der Waals surface area contributed by atoms with Gasteiger partial charge in [0, 0.05) is 16.1 Å². The molecular formula is C13H15Cl2NO4S. The highest BCUT2D eigenvalue weighted by Crippen LogP contribution is 2.39. The van der Waals surface area contributed by atoms with Crippen molar-refractivity contribution in [2.24, 2.45) is 5.41 Å². The van der Waals surface area contributed by atoms with Crippen LogP contribution in [-0.2, 0) is 14.8 Å². The molecule has 0 heterocycles. The molecule has 0 bridgehead atoms. The van der Waals surface area contributed by atoms with Gasteiger partial charge < -0.3 is 5.11 Å². The van der Waals surface area contributed by atoms with E-state index in [2.05, 4.69) is 4.72 Å². The second-order valence-electron chi connectivity index (χ2n) is 5.39. The summed E-state index contributed by atoms with van der Waals surface area (Å²) in [4.78, 5) is 11.3. The number of carbonyl (C=O) groups is 1. The molecule has 116 valence electrons. The summed E-state index contributed by atoms with van der Waals surface area (Å²) in [5.41, 5.74) is -1.10. The molecule has 0 saturated heterocycles. The van der Waals surface area contributed by atoms with Gasteiger partial charge in [0.2, 0.25) is 10.0 Å². The molecule has 1 fully saturated rings. The van der Waals surface area contributed by atoms with Crippen molar-refractivity contribution >= 4 is 39.2 Å². The number of sulfonamides is 1. The number of carboxylic acid groups (broad SMARTS) is 1. The zero-order valence-corrected chi connectivity index (χ0v) is 13.6. The number of aliphatic carboxylic acids is 1. The molecule has 1 saturated carbocycles. The standard InChI is InChI=1S/C13H15Cl2NO4S/c1-13(12(17)18)4-2-3-11(13)16-21(19,20)10-6-8(14)5-9(15)7-10/h5-7,11,16H,2-4H2,1H3,(H,17,18). The van der Waals surface area contributed by atoms with Gasteiger partial charge in [0.05, 0.1) is 10.3 Å². The third kappa shape index (κ3) is 3.34. The fourth-order valence-electron chi connectivity index (χ4n) is 2.55. The number of hydrogen-bond donors (Lipinski definition) is 2. The molecular weight excluding hydrogens is 337 g/mol. The first-order chi connectivity index (χ1) is 9.65. The quantitative estimate of drug-likeness (QED) is 0.873. The average molecular weight is 352 g/mol. The summed E-state index contributed by atoms with van der Waals surface area (Å²) in [6.45, 7) is 1.56. The summed E-state index contributed by atoms with van der Waals surface area (Å²) in [6.07, 6.45) is 1.58. The zero-order valence-electron chi connectivity index (χ0n) is 11.3. The van der Waals surface area contributed by atoms with Crippen LogP contribution in [0.1, 0.15) is 26.2 Å². The Labute approximate surface area is 133 Å². The van der Waals surface area contributed by atoms with Crippen LogP contribution in [0, 0.1) is 5.41 Å². The van der Waals surface area contributed by atoms with E-state index < -0.39 is 27.4 Å². The summed E-state index contributed by atoms with van der Waals surface area (Å²) in [5.74, 6) is -1.00. The van der Waals surface area contributed by atoms with E-state index in [1.807, 2.05) is 0 Å². The minimum absolute atomic E-state index is 0.0698. The van der Waals surface area contributed by atoms with Gasteiger partial charge >= 0.3 is 5.97 Å². The maximum absolute atomic E-state index is 12.4. The van der Waals surface area contributed by atoms with Crippen LogP contribution in [0.25, 0.3) is 0 Å². The molecule has 0 spiro atoms. The van der Waals surface area contributed by atoms with Crippen molar-refractivity contribution in [1.29, 1.82) is 0 Å². The molecule has 0 aliphatic heterocycles. The predicted molar refractivity (Wildman–Crippen MR) is 80.2 cm³/mol. The Balaban J connectivity index is 2.31. The Kier molecular flexibility index (Phi) is 4.54. The number of rotatable bonds is 4. The number of hydrogen-bond acceptors (Lipinski definition) is 3. The van der Waals surface area contributed by atoms with Crippen molar-refractivity contribution in [1.82, 2.24) is 4.72 Å². The van der Waals surface area contributed by atoms with Crippen LogP contribution in [0.4, 0.5) is 0 Å².